The molecule has 0 unspecified atom stereocenters. The van der Waals surface area contributed by atoms with Crippen LogP contribution in [0.5, 0.6) is 0 Å². The van der Waals surface area contributed by atoms with E-state index in [0.29, 0.717) is 18.2 Å². The molecule has 3 aromatic rings. The third kappa shape index (κ3) is 3.30. The molecule has 2 heterocycles. The second-order valence-corrected chi connectivity index (χ2v) is 6.19. The summed E-state index contributed by atoms with van der Waals surface area (Å²) in [6, 6.07) is 8.09. The molecule has 5 heteroatoms. The Kier molecular flexibility index (Phi) is 4.60. The minimum absolute atomic E-state index is 0.0473. The molecule has 0 aliphatic carbocycles. The van der Waals surface area contributed by atoms with Crippen LogP contribution in [-0.2, 0) is 0 Å². The van der Waals surface area contributed by atoms with E-state index in [9.17, 15) is 4.79 Å². The van der Waals surface area contributed by atoms with Gasteiger partial charge < -0.3 is 9.88 Å². The van der Waals surface area contributed by atoms with Gasteiger partial charge >= 0.3 is 0 Å². The molecule has 24 heavy (non-hydrogen) atoms. The number of carbonyl (C=O) groups is 1. The molecule has 2 aromatic heterocycles. The maximum absolute atomic E-state index is 12.6. The van der Waals surface area contributed by atoms with Crippen LogP contribution in [0, 0.1) is 13.8 Å². The first-order valence-electron chi connectivity index (χ1n) is 8.19. The minimum Gasteiger partial charge on any atom is -0.352 e. The highest BCUT2D eigenvalue weighted by Gasteiger charge is 2.13. The number of aromatic nitrogens is 3. The number of nitrogens with zero attached hydrogens (tertiary/aromatic N) is 3. The van der Waals surface area contributed by atoms with Gasteiger partial charge in [-0.15, -0.1) is 0 Å². The fourth-order valence-corrected chi connectivity index (χ4v) is 2.88. The molecule has 0 bridgehead atoms. The van der Waals surface area contributed by atoms with Gasteiger partial charge in [0.05, 0.1) is 17.4 Å². The van der Waals surface area contributed by atoms with Gasteiger partial charge in [-0.2, -0.15) is 0 Å². The number of hydrogen-bond donors (Lipinski definition) is 1. The van der Waals surface area contributed by atoms with Gasteiger partial charge in [0.1, 0.15) is 0 Å². The standard InChI is InChI=1S/C19H22N4O/c1-13-5-4-6-16-17(11-14(2)22-18(13)16)19(24)21-8-7-15(3)23-10-9-20-12-23/h4-6,9-12,15H,7-8H2,1-3H3,(H,21,24)/t15-/m0/s1. The molecule has 0 saturated heterocycles. The third-order valence-electron chi connectivity index (χ3n) is 4.30. The van der Waals surface area contributed by atoms with Crippen LogP contribution in [0.15, 0.2) is 43.0 Å². The number of rotatable bonds is 5. The van der Waals surface area contributed by atoms with Crippen molar-refractivity contribution in [1.29, 1.82) is 0 Å². The number of pyridine rings is 1. The van der Waals surface area contributed by atoms with Gasteiger partial charge in [-0.05, 0) is 38.8 Å². The highest BCUT2D eigenvalue weighted by molar-refractivity contribution is 6.06. The van der Waals surface area contributed by atoms with Crippen molar-refractivity contribution in [2.24, 2.45) is 0 Å². The van der Waals surface area contributed by atoms with E-state index in [1.54, 1.807) is 12.5 Å². The molecule has 0 spiro atoms. The Balaban J connectivity index is 1.73. The largest absolute Gasteiger partial charge is 0.352 e. The van der Waals surface area contributed by atoms with Gasteiger partial charge in [-0.25, -0.2) is 4.98 Å². The molecular formula is C19H22N4O. The van der Waals surface area contributed by atoms with Gasteiger partial charge in [-0.3, -0.25) is 9.78 Å². The van der Waals surface area contributed by atoms with Crippen molar-refractivity contribution < 1.29 is 4.79 Å². The highest BCUT2D eigenvalue weighted by Crippen LogP contribution is 2.21. The van der Waals surface area contributed by atoms with Gasteiger partial charge in [0, 0.05) is 36.1 Å². The van der Waals surface area contributed by atoms with Crippen LogP contribution in [0.2, 0.25) is 0 Å². The van der Waals surface area contributed by atoms with E-state index >= 15 is 0 Å². The quantitative estimate of drug-likeness (QED) is 0.783. The molecule has 5 nitrogen and oxygen atoms in total. The maximum Gasteiger partial charge on any atom is 0.252 e. The molecule has 1 atom stereocenters. The average molecular weight is 322 g/mol. The Hall–Kier alpha value is -2.69. The van der Waals surface area contributed by atoms with Crippen molar-refractivity contribution in [3.05, 3.63) is 59.8 Å². The first kappa shape index (κ1) is 16.2. The van der Waals surface area contributed by atoms with Crippen molar-refractivity contribution in [3.8, 4) is 0 Å². The lowest BCUT2D eigenvalue weighted by Crippen LogP contribution is -2.26. The summed E-state index contributed by atoms with van der Waals surface area (Å²) in [5.41, 5.74) is 3.53. The Labute approximate surface area is 141 Å². The van der Waals surface area contributed by atoms with Crippen molar-refractivity contribution >= 4 is 16.8 Å². The lowest BCUT2D eigenvalue weighted by Gasteiger charge is -2.14. The number of imidazole rings is 1. The number of amides is 1. The molecule has 124 valence electrons. The molecule has 0 fully saturated rings. The molecule has 0 aliphatic heterocycles. The zero-order valence-electron chi connectivity index (χ0n) is 14.3. The molecule has 1 N–H and O–H groups in total. The molecule has 1 amide bonds. The summed E-state index contributed by atoms with van der Waals surface area (Å²) in [6.45, 7) is 6.67. The second-order valence-electron chi connectivity index (χ2n) is 6.19. The summed E-state index contributed by atoms with van der Waals surface area (Å²) in [5.74, 6) is -0.0473. The topological polar surface area (TPSA) is 59.8 Å². The van der Waals surface area contributed by atoms with Crippen molar-refractivity contribution in [2.75, 3.05) is 6.54 Å². The molecular weight excluding hydrogens is 300 g/mol. The minimum atomic E-state index is -0.0473. The number of nitrogens with one attached hydrogen (secondary N) is 1. The number of benzene rings is 1. The predicted molar refractivity (Wildman–Crippen MR) is 95.1 cm³/mol. The van der Waals surface area contributed by atoms with Crippen LogP contribution >= 0.6 is 0 Å². The Morgan fingerprint density at radius 2 is 2.17 bits per heavy atom. The van der Waals surface area contributed by atoms with Crippen LogP contribution in [0.3, 0.4) is 0 Å². The van der Waals surface area contributed by atoms with E-state index in [1.165, 1.54) is 0 Å². The van der Waals surface area contributed by atoms with E-state index in [2.05, 4.69) is 22.2 Å². The maximum atomic E-state index is 12.6. The van der Waals surface area contributed by atoms with E-state index < -0.39 is 0 Å². The Morgan fingerprint density at radius 3 is 2.92 bits per heavy atom. The number of aryl methyl sites for hydroxylation is 2. The first-order chi connectivity index (χ1) is 11.6. The van der Waals surface area contributed by atoms with Crippen molar-refractivity contribution in [1.82, 2.24) is 19.9 Å². The van der Waals surface area contributed by atoms with Gasteiger partial charge in [0.2, 0.25) is 0 Å². The third-order valence-corrected chi connectivity index (χ3v) is 4.30. The molecule has 0 saturated carbocycles. The average Bonchev–Trinajstić information content (AvgIpc) is 3.09. The fourth-order valence-electron chi connectivity index (χ4n) is 2.88. The fraction of sp³-hybridized carbons (Fsp3) is 0.316. The monoisotopic (exact) mass is 322 g/mol. The summed E-state index contributed by atoms with van der Waals surface area (Å²) in [6.07, 6.45) is 6.36. The SMILES string of the molecule is Cc1cc(C(=O)NCC[C@H](C)n2ccnc2)c2cccc(C)c2n1. The lowest BCUT2D eigenvalue weighted by atomic mass is 10.0. The summed E-state index contributed by atoms with van der Waals surface area (Å²) < 4.78 is 2.04. The van der Waals surface area contributed by atoms with Crippen LogP contribution in [-0.4, -0.2) is 27.0 Å². The summed E-state index contributed by atoms with van der Waals surface area (Å²) in [7, 11) is 0. The zero-order valence-corrected chi connectivity index (χ0v) is 14.3. The number of fused-ring (bicyclic) bond motifs is 1. The lowest BCUT2D eigenvalue weighted by molar-refractivity contribution is 0.0953. The summed E-state index contributed by atoms with van der Waals surface area (Å²) >= 11 is 0. The molecule has 0 aliphatic rings. The number of para-hydroxylation sites is 1. The second kappa shape index (κ2) is 6.83. The summed E-state index contributed by atoms with van der Waals surface area (Å²) in [5, 5.41) is 3.93. The van der Waals surface area contributed by atoms with Crippen molar-refractivity contribution in [2.45, 2.75) is 33.2 Å². The van der Waals surface area contributed by atoms with Gasteiger partial charge in [0.15, 0.2) is 0 Å². The van der Waals surface area contributed by atoms with Crippen LogP contribution in [0.4, 0.5) is 0 Å². The van der Waals surface area contributed by atoms with Crippen molar-refractivity contribution in [3.63, 3.8) is 0 Å². The van der Waals surface area contributed by atoms with Crippen LogP contribution < -0.4 is 5.32 Å². The normalized spacial score (nSPS) is 12.3. The Morgan fingerprint density at radius 1 is 1.33 bits per heavy atom. The smallest absolute Gasteiger partial charge is 0.252 e. The zero-order chi connectivity index (χ0) is 17.1. The highest BCUT2D eigenvalue weighted by atomic mass is 16.1. The van der Waals surface area contributed by atoms with E-state index in [0.717, 1.165) is 28.6 Å². The van der Waals surface area contributed by atoms with Gasteiger partial charge in [0.25, 0.3) is 5.91 Å². The van der Waals surface area contributed by atoms with E-state index in [4.69, 9.17) is 0 Å². The molecule has 3 rings (SSSR count). The number of hydrogen-bond acceptors (Lipinski definition) is 3. The van der Waals surface area contributed by atoms with E-state index in [-0.39, 0.29) is 5.91 Å². The molecule has 0 radical (unpaired) electrons. The van der Waals surface area contributed by atoms with E-state index in [1.807, 2.05) is 48.9 Å². The van der Waals surface area contributed by atoms with Crippen LogP contribution in [0.1, 0.15) is 41.0 Å². The summed E-state index contributed by atoms with van der Waals surface area (Å²) in [4.78, 5) is 21.3. The van der Waals surface area contributed by atoms with Crippen LogP contribution in [0.25, 0.3) is 10.9 Å². The van der Waals surface area contributed by atoms with Gasteiger partial charge in [-0.1, -0.05) is 18.2 Å². The molecule has 1 aromatic carbocycles. The predicted octanol–water partition coefficient (Wildman–Crippen LogP) is 3.43. The first-order valence-corrected chi connectivity index (χ1v) is 8.19. The Bertz CT molecular complexity index is 855. The number of carbonyl (C=O) groups excluding carboxylic acids is 1.